The molecule has 0 saturated heterocycles. The van der Waals surface area contributed by atoms with E-state index in [1.807, 2.05) is 6.07 Å². The zero-order chi connectivity index (χ0) is 11.4. The fourth-order valence-electron chi connectivity index (χ4n) is 1.18. The van der Waals surface area contributed by atoms with Crippen molar-refractivity contribution in [2.45, 2.75) is 6.92 Å². The Balaban J connectivity index is 2.11. The molecule has 0 spiro atoms. The van der Waals surface area contributed by atoms with Gasteiger partial charge in [-0.15, -0.1) is 0 Å². The highest BCUT2D eigenvalue weighted by atomic mass is 32.2. The Labute approximate surface area is 96.8 Å². The van der Waals surface area contributed by atoms with Crippen LogP contribution in [0.2, 0.25) is 0 Å². The van der Waals surface area contributed by atoms with E-state index in [1.54, 1.807) is 12.4 Å². The van der Waals surface area contributed by atoms with Gasteiger partial charge in [-0.1, -0.05) is 23.6 Å². The normalized spacial score (nSPS) is 9.81. The molecule has 5 heteroatoms. The van der Waals surface area contributed by atoms with Crippen LogP contribution in [0.25, 0.3) is 11.0 Å². The number of carbonyl (C=O) groups excluding carboxylic acids is 1. The van der Waals surface area contributed by atoms with Gasteiger partial charge >= 0.3 is 0 Å². The topological polar surface area (TPSA) is 58.6 Å². The van der Waals surface area contributed by atoms with Crippen LogP contribution in [0.15, 0.2) is 18.5 Å². The van der Waals surface area contributed by atoms with Crippen LogP contribution in [0.5, 0.6) is 0 Å². The van der Waals surface area contributed by atoms with Crippen LogP contribution in [-0.2, 0) is 4.79 Å². The fraction of sp³-hybridized carbons (Fsp3) is 0.182. The van der Waals surface area contributed by atoms with Gasteiger partial charge < -0.3 is 0 Å². The number of thioether (sulfide) groups is 1. The third-order valence-electron chi connectivity index (χ3n) is 1.87. The van der Waals surface area contributed by atoms with E-state index >= 15 is 0 Å². The predicted octanol–water partition coefficient (Wildman–Crippen LogP) is 1.59. The van der Waals surface area contributed by atoms with Gasteiger partial charge in [-0.05, 0) is 6.07 Å². The summed E-state index contributed by atoms with van der Waals surface area (Å²) < 4.78 is 0. The Hall–Kier alpha value is -1.80. The number of rotatable bonds is 1. The van der Waals surface area contributed by atoms with Gasteiger partial charge in [-0.2, -0.15) is 5.10 Å². The molecule has 0 aromatic carbocycles. The fourth-order valence-corrected chi connectivity index (χ4v) is 1.53. The lowest BCUT2D eigenvalue weighted by Gasteiger charge is -1.90. The molecule has 0 aliphatic rings. The number of nitrogens with zero attached hydrogens (tertiary/aromatic N) is 2. The summed E-state index contributed by atoms with van der Waals surface area (Å²) in [4.78, 5) is 14.8. The zero-order valence-corrected chi connectivity index (χ0v) is 9.47. The molecule has 2 aromatic heterocycles. The number of hydrogen-bond acceptors (Lipinski definition) is 4. The largest absolute Gasteiger partial charge is 0.288 e. The van der Waals surface area contributed by atoms with Crippen molar-refractivity contribution >= 4 is 27.9 Å². The maximum atomic E-state index is 10.7. The number of nitrogens with one attached hydrogen (secondary N) is 1. The van der Waals surface area contributed by atoms with Crippen molar-refractivity contribution in [3.63, 3.8) is 0 Å². The first-order valence-corrected chi connectivity index (χ1v) is 5.65. The number of aromatic nitrogens is 3. The van der Waals surface area contributed by atoms with Crippen molar-refractivity contribution in [1.82, 2.24) is 15.2 Å². The molecule has 0 unspecified atom stereocenters. The van der Waals surface area contributed by atoms with Crippen molar-refractivity contribution in [2.75, 3.05) is 5.75 Å². The second kappa shape index (κ2) is 4.81. The highest BCUT2D eigenvalue weighted by Gasteiger charge is 1.96. The summed E-state index contributed by atoms with van der Waals surface area (Å²) in [5, 5.41) is 7.67. The van der Waals surface area contributed by atoms with Crippen LogP contribution in [0, 0.1) is 11.8 Å². The molecule has 4 nitrogen and oxygen atoms in total. The first-order valence-electron chi connectivity index (χ1n) is 4.67. The Bertz CT molecular complexity index is 579. The molecule has 1 N–H and O–H groups in total. The maximum Gasteiger partial charge on any atom is 0.186 e. The van der Waals surface area contributed by atoms with E-state index in [1.165, 1.54) is 18.7 Å². The standard InChI is InChI=1S/C11H9N3OS/c1-8(15)16-4-2-3-9-5-10-7-13-14-11(10)12-6-9/h5-7H,4H2,1H3,(H,12,13,14). The van der Waals surface area contributed by atoms with E-state index in [9.17, 15) is 4.79 Å². The third-order valence-corrected chi connectivity index (χ3v) is 2.57. The quantitative estimate of drug-likeness (QED) is 0.757. The number of aromatic amines is 1. The van der Waals surface area contributed by atoms with Gasteiger partial charge in [0.05, 0.1) is 11.9 Å². The summed E-state index contributed by atoms with van der Waals surface area (Å²) in [6, 6.07) is 1.91. The summed E-state index contributed by atoms with van der Waals surface area (Å²) in [6.07, 6.45) is 3.39. The van der Waals surface area contributed by atoms with Gasteiger partial charge in [-0.25, -0.2) is 4.98 Å². The van der Waals surface area contributed by atoms with E-state index in [0.717, 1.165) is 16.6 Å². The summed E-state index contributed by atoms with van der Waals surface area (Å²) in [7, 11) is 0. The van der Waals surface area contributed by atoms with Gasteiger partial charge in [0.2, 0.25) is 0 Å². The van der Waals surface area contributed by atoms with Gasteiger partial charge in [0.1, 0.15) is 0 Å². The molecule has 16 heavy (non-hydrogen) atoms. The molecule has 2 aromatic rings. The second-order valence-corrected chi connectivity index (χ2v) is 4.27. The molecule has 0 aliphatic carbocycles. The first-order chi connectivity index (χ1) is 7.75. The molecule has 0 amide bonds. The molecular formula is C11H9N3OS. The lowest BCUT2D eigenvalue weighted by atomic mass is 10.2. The molecule has 0 bridgehead atoms. The summed E-state index contributed by atoms with van der Waals surface area (Å²) in [6.45, 7) is 1.53. The van der Waals surface area contributed by atoms with E-state index in [-0.39, 0.29) is 5.12 Å². The molecule has 80 valence electrons. The SMILES string of the molecule is CC(=O)SCC#Cc1cnc2[nH]ncc2c1. The summed E-state index contributed by atoms with van der Waals surface area (Å²) in [5.41, 5.74) is 1.58. The smallest absolute Gasteiger partial charge is 0.186 e. The maximum absolute atomic E-state index is 10.7. The van der Waals surface area contributed by atoms with E-state index in [4.69, 9.17) is 0 Å². The highest BCUT2D eigenvalue weighted by Crippen LogP contribution is 2.08. The number of pyridine rings is 1. The van der Waals surface area contributed by atoms with Crippen molar-refractivity contribution in [3.8, 4) is 11.8 Å². The zero-order valence-electron chi connectivity index (χ0n) is 8.65. The van der Waals surface area contributed by atoms with E-state index in [0.29, 0.717) is 5.75 Å². The van der Waals surface area contributed by atoms with E-state index < -0.39 is 0 Å². The summed E-state index contributed by atoms with van der Waals surface area (Å²) in [5.74, 6) is 6.38. The van der Waals surface area contributed by atoms with E-state index in [2.05, 4.69) is 27.0 Å². The highest BCUT2D eigenvalue weighted by molar-refractivity contribution is 8.13. The Morgan fingerprint density at radius 2 is 2.44 bits per heavy atom. The van der Waals surface area contributed by atoms with Gasteiger partial charge in [0, 0.05) is 24.1 Å². The van der Waals surface area contributed by atoms with Gasteiger partial charge in [0.15, 0.2) is 10.8 Å². The monoisotopic (exact) mass is 231 g/mol. The number of carbonyl (C=O) groups is 1. The molecule has 0 fully saturated rings. The van der Waals surface area contributed by atoms with Crippen LogP contribution >= 0.6 is 11.8 Å². The third kappa shape index (κ3) is 2.61. The van der Waals surface area contributed by atoms with Crippen molar-refractivity contribution in [1.29, 1.82) is 0 Å². The predicted molar refractivity (Wildman–Crippen MR) is 63.9 cm³/mol. The summed E-state index contributed by atoms with van der Waals surface area (Å²) >= 11 is 1.20. The molecule has 0 atom stereocenters. The lowest BCUT2D eigenvalue weighted by molar-refractivity contribution is -0.109. The molecule has 2 heterocycles. The molecule has 0 aliphatic heterocycles. The minimum absolute atomic E-state index is 0.0812. The van der Waals surface area contributed by atoms with Gasteiger partial charge in [-0.3, -0.25) is 9.89 Å². The first kappa shape index (κ1) is 10.7. The molecule has 2 rings (SSSR count). The van der Waals surface area contributed by atoms with Gasteiger partial charge in [0.25, 0.3) is 0 Å². The van der Waals surface area contributed by atoms with Crippen molar-refractivity contribution in [2.24, 2.45) is 0 Å². The average Bonchev–Trinajstić information content (AvgIpc) is 2.71. The molecule has 0 radical (unpaired) electrons. The average molecular weight is 231 g/mol. The Kier molecular flexibility index (Phi) is 3.22. The van der Waals surface area contributed by atoms with Crippen molar-refractivity contribution < 1.29 is 4.79 Å². The van der Waals surface area contributed by atoms with Crippen LogP contribution in [0.1, 0.15) is 12.5 Å². The molecular weight excluding hydrogens is 222 g/mol. The number of fused-ring (bicyclic) bond motifs is 1. The minimum atomic E-state index is 0.0812. The molecule has 0 saturated carbocycles. The number of H-pyrrole nitrogens is 1. The van der Waals surface area contributed by atoms with Crippen LogP contribution in [0.3, 0.4) is 0 Å². The van der Waals surface area contributed by atoms with Crippen molar-refractivity contribution in [3.05, 3.63) is 24.0 Å². The van der Waals surface area contributed by atoms with Crippen LogP contribution < -0.4 is 0 Å². The second-order valence-electron chi connectivity index (χ2n) is 3.11. The minimum Gasteiger partial charge on any atom is -0.288 e. The Morgan fingerprint density at radius 3 is 3.25 bits per heavy atom. The number of hydrogen-bond donors (Lipinski definition) is 1. The lowest BCUT2D eigenvalue weighted by Crippen LogP contribution is -1.83. The van der Waals surface area contributed by atoms with Crippen LogP contribution in [-0.4, -0.2) is 26.0 Å². The Morgan fingerprint density at radius 1 is 1.56 bits per heavy atom. The van der Waals surface area contributed by atoms with Crippen LogP contribution in [0.4, 0.5) is 0 Å².